The summed E-state index contributed by atoms with van der Waals surface area (Å²) in [6, 6.07) is 7.63. The molecule has 1 aromatic carbocycles. The summed E-state index contributed by atoms with van der Waals surface area (Å²) in [5, 5.41) is 3.98. The Morgan fingerprint density at radius 3 is 3.05 bits per heavy atom. The average molecular weight is 293 g/mol. The van der Waals surface area contributed by atoms with Crippen LogP contribution in [0.25, 0.3) is 0 Å². The number of aromatic nitrogens is 2. The molecule has 5 nitrogen and oxygen atoms in total. The molecule has 108 valence electrons. The summed E-state index contributed by atoms with van der Waals surface area (Å²) in [4.78, 5) is 4.36. The molecule has 0 spiro atoms. The third-order valence-corrected chi connectivity index (χ3v) is 3.57. The maximum atomic E-state index is 6.00. The maximum Gasteiger partial charge on any atom is 0.243 e. The van der Waals surface area contributed by atoms with Crippen molar-refractivity contribution in [1.82, 2.24) is 10.1 Å². The lowest BCUT2D eigenvalue weighted by atomic mass is 10.1. The van der Waals surface area contributed by atoms with Gasteiger partial charge in [-0.15, -0.1) is 0 Å². The van der Waals surface area contributed by atoms with Crippen molar-refractivity contribution in [3.05, 3.63) is 41.5 Å². The van der Waals surface area contributed by atoms with E-state index in [2.05, 4.69) is 16.4 Å². The molecule has 0 saturated heterocycles. The quantitative estimate of drug-likeness (QED) is 0.845. The van der Waals surface area contributed by atoms with Crippen molar-refractivity contribution in [3.63, 3.8) is 0 Å². The number of hydrogen-bond acceptors (Lipinski definition) is 6. The molecular weight excluding hydrogens is 274 g/mol. The van der Waals surface area contributed by atoms with E-state index in [0.29, 0.717) is 18.1 Å². The molecule has 0 aliphatic rings. The molecular formula is C14H19N3O2S. The molecule has 20 heavy (non-hydrogen) atoms. The minimum Gasteiger partial charge on any atom is -0.497 e. The molecule has 6 heteroatoms. The van der Waals surface area contributed by atoms with Gasteiger partial charge in [0, 0.05) is 6.42 Å². The van der Waals surface area contributed by atoms with Crippen LogP contribution in [0.1, 0.15) is 29.7 Å². The first kappa shape index (κ1) is 14.9. The van der Waals surface area contributed by atoms with Crippen LogP contribution < -0.4 is 10.5 Å². The van der Waals surface area contributed by atoms with E-state index in [1.807, 2.05) is 24.3 Å². The third kappa shape index (κ3) is 3.98. The van der Waals surface area contributed by atoms with Crippen LogP contribution in [-0.4, -0.2) is 29.3 Å². The minimum atomic E-state index is -0.186. The smallest absolute Gasteiger partial charge is 0.243 e. The van der Waals surface area contributed by atoms with Crippen molar-refractivity contribution in [2.45, 2.75) is 18.9 Å². The van der Waals surface area contributed by atoms with Gasteiger partial charge >= 0.3 is 0 Å². The highest BCUT2D eigenvalue weighted by Crippen LogP contribution is 2.17. The molecule has 0 bridgehead atoms. The van der Waals surface area contributed by atoms with Gasteiger partial charge in [-0.05, 0) is 36.1 Å². The lowest BCUT2D eigenvalue weighted by Crippen LogP contribution is -2.11. The zero-order valence-corrected chi connectivity index (χ0v) is 12.5. The van der Waals surface area contributed by atoms with Crippen molar-refractivity contribution in [1.29, 1.82) is 0 Å². The van der Waals surface area contributed by atoms with Crippen molar-refractivity contribution in [2.24, 2.45) is 5.73 Å². The summed E-state index contributed by atoms with van der Waals surface area (Å²) in [6.07, 6.45) is 3.49. The predicted molar refractivity (Wildman–Crippen MR) is 80.0 cm³/mol. The fourth-order valence-electron chi connectivity index (χ4n) is 1.82. The molecule has 2 rings (SSSR count). The fraction of sp³-hybridized carbons (Fsp3) is 0.429. The second kappa shape index (κ2) is 7.31. The largest absolute Gasteiger partial charge is 0.497 e. The number of ether oxygens (including phenoxy) is 1. The molecule has 0 fully saturated rings. The van der Waals surface area contributed by atoms with E-state index in [-0.39, 0.29) is 6.04 Å². The van der Waals surface area contributed by atoms with Crippen molar-refractivity contribution in [2.75, 3.05) is 19.1 Å². The molecule has 1 heterocycles. The summed E-state index contributed by atoms with van der Waals surface area (Å²) >= 11 is 1.75. The highest BCUT2D eigenvalue weighted by atomic mass is 32.2. The van der Waals surface area contributed by atoms with E-state index in [9.17, 15) is 0 Å². The van der Waals surface area contributed by atoms with Crippen LogP contribution in [-0.2, 0) is 6.42 Å². The first-order valence-electron chi connectivity index (χ1n) is 6.43. The molecule has 1 aromatic heterocycles. The van der Waals surface area contributed by atoms with Crippen LogP contribution in [0.2, 0.25) is 0 Å². The van der Waals surface area contributed by atoms with Gasteiger partial charge in [-0.1, -0.05) is 17.3 Å². The van der Waals surface area contributed by atoms with Gasteiger partial charge in [-0.2, -0.15) is 16.7 Å². The molecule has 0 aliphatic heterocycles. The van der Waals surface area contributed by atoms with Crippen molar-refractivity contribution < 1.29 is 9.26 Å². The van der Waals surface area contributed by atoms with Gasteiger partial charge in [-0.3, -0.25) is 0 Å². The molecule has 0 amide bonds. The minimum absolute atomic E-state index is 0.186. The Balaban J connectivity index is 2.01. The summed E-state index contributed by atoms with van der Waals surface area (Å²) in [7, 11) is 1.65. The van der Waals surface area contributed by atoms with Gasteiger partial charge in [-0.25, -0.2) is 0 Å². The number of nitrogens with two attached hydrogens (primary N) is 1. The second-order valence-corrected chi connectivity index (χ2v) is 5.45. The second-order valence-electron chi connectivity index (χ2n) is 4.47. The van der Waals surface area contributed by atoms with Crippen molar-refractivity contribution in [3.8, 4) is 5.75 Å². The van der Waals surface area contributed by atoms with Gasteiger partial charge in [0.1, 0.15) is 5.75 Å². The van der Waals surface area contributed by atoms with Crippen molar-refractivity contribution >= 4 is 11.8 Å². The monoisotopic (exact) mass is 293 g/mol. The number of hydrogen-bond donors (Lipinski definition) is 1. The first-order chi connectivity index (χ1) is 9.72. The maximum absolute atomic E-state index is 6.00. The van der Waals surface area contributed by atoms with E-state index in [4.69, 9.17) is 15.0 Å². The Hall–Kier alpha value is -1.53. The number of nitrogens with zero attached hydrogens (tertiary/aromatic N) is 2. The van der Waals surface area contributed by atoms with Gasteiger partial charge < -0.3 is 15.0 Å². The van der Waals surface area contributed by atoms with Crippen LogP contribution in [0.15, 0.2) is 28.8 Å². The van der Waals surface area contributed by atoms with Gasteiger partial charge in [0.2, 0.25) is 5.89 Å². The predicted octanol–water partition coefficient (Wildman–Crippen LogP) is 2.42. The summed E-state index contributed by atoms with van der Waals surface area (Å²) in [6.45, 7) is 0. The van der Waals surface area contributed by atoms with Crippen LogP contribution in [0.3, 0.4) is 0 Å². The number of thioether (sulfide) groups is 1. The molecule has 2 N–H and O–H groups in total. The Morgan fingerprint density at radius 1 is 1.45 bits per heavy atom. The van der Waals surface area contributed by atoms with E-state index < -0.39 is 0 Å². The zero-order valence-electron chi connectivity index (χ0n) is 11.7. The lowest BCUT2D eigenvalue weighted by Gasteiger charge is -2.03. The van der Waals surface area contributed by atoms with Gasteiger partial charge in [0.25, 0.3) is 0 Å². The summed E-state index contributed by atoms with van der Waals surface area (Å²) in [5.41, 5.74) is 7.08. The molecule has 0 radical (unpaired) electrons. The Bertz CT molecular complexity index is 545. The molecule has 0 saturated carbocycles. The van der Waals surface area contributed by atoms with Gasteiger partial charge in [0.15, 0.2) is 5.82 Å². The number of methoxy groups -OCH3 is 1. The van der Waals surface area contributed by atoms with Crippen LogP contribution in [0, 0.1) is 0 Å². The highest BCUT2D eigenvalue weighted by molar-refractivity contribution is 7.98. The van der Waals surface area contributed by atoms with E-state index in [1.165, 1.54) is 0 Å². The summed E-state index contributed by atoms with van der Waals surface area (Å²) in [5.74, 6) is 2.96. The Labute approximate surface area is 122 Å². The first-order valence-corrected chi connectivity index (χ1v) is 7.82. The molecule has 0 unspecified atom stereocenters. The van der Waals surface area contributed by atoms with E-state index in [0.717, 1.165) is 23.5 Å². The Kier molecular flexibility index (Phi) is 5.43. The molecule has 0 aliphatic carbocycles. The normalized spacial score (nSPS) is 12.3. The van der Waals surface area contributed by atoms with Crippen LogP contribution >= 0.6 is 11.8 Å². The molecule has 1 atom stereocenters. The lowest BCUT2D eigenvalue weighted by molar-refractivity contribution is 0.349. The number of rotatable bonds is 7. The summed E-state index contributed by atoms with van der Waals surface area (Å²) < 4.78 is 10.4. The topological polar surface area (TPSA) is 74.2 Å². The number of benzene rings is 1. The van der Waals surface area contributed by atoms with Crippen LogP contribution in [0.4, 0.5) is 0 Å². The highest BCUT2D eigenvalue weighted by Gasteiger charge is 2.14. The average Bonchev–Trinajstić information content (AvgIpc) is 2.93. The zero-order chi connectivity index (χ0) is 14.4. The Morgan fingerprint density at radius 2 is 2.30 bits per heavy atom. The fourth-order valence-corrected chi connectivity index (χ4v) is 2.31. The SMILES string of the molecule is COc1cccc(Cc2noc([C@@H](N)CCSC)n2)c1. The third-order valence-electron chi connectivity index (χ3n) is 2.93. The van der Waals surface area contributed by atoms with E-state index in [1.54, 1.807) is 18.9 Å². The van der Waals surface area contributed by atoms with E-state index >= 15 is 0 Å². The van der Waals surface area contributed by atoms with Gasteiger partial charge in [0.05, 0.1) is 13.2 Å². The standard InChI is InChI=1S/C14H19N3O2S/c1-18-11-5-3-4-10(8-11)9-13-16-14(19-17-13)12(15)6-7-20-2/h3-5,8,12H,6-7,9,15H2,1-2H3/t12-/m0/s1. The van der Waals surface area contributed by atoms with Crippen LogP contribution in [0.5, 0.6) is 5.75 Å². The molecule has 2 aromatic rings.